The van der Waals surface area contributed by atoms with E-state index in [0.29, 0.717) is 11.3 Å². The maximum Gasteiger partial charge on any atom is 0.387 e. The number of rotatable bonds is 4. The Morgan fingerprint density at radius 2 is 1.95 bits per heavy atom. The number of alkyl halides is 2. The Labute approximate surface area is 119 Å². The summed E-state index contributed by atoms with van der Waals surface area (Å²) >= 11 is 0. The van der Waals surface area contributed by atoms with E-state index in [2.05, 4.69) is 10.1 Å². The number of benzene rings is 2. The number of carbonyl (C=O) groups is 1. The van der Waals surface area contributed by atoms with Gasteiger partial charge in [-0.1, -0.05) is 12.1 Å². The van der Waals surface area contributed by atoms with E-state index in [1.165, 1.54) is 30.3 Å². The quantitative estimate of drug-likeness (QED) is 0.937. The molecule has 0 saturated heterocycles. The Morgan fingerprint density at radius 3 is 2.67 bits per heavy atom. The molecule has 2 rings (SSSR count). The second-order valence-electron chi connectivity index (χ2n) is 4.05. The highest BCUT2D eigenvalue weighted by atomic mass is 19.3. The van der Waals surface area contributed by atoms with Gasteiger partial charge in [0.2, 0.25) is 0 Å². The monoisotopic (exact) mass is 288 g/mol. The van der Waals surface area contributed by atoms with Crippen molar-refractivity contribution in [2.24, 2.45) is 0 Å². The average molecular weight is 288 g/mol. The summed E-state index contributed by atoms with van der Waals surface area (Å²) in [5.74, 6) is -0.576. The number of ether oxygens (including phenoxy) is 1. The van der Waals surface area contributed by atoms with Crippen LogP contribution in [-0.4, -0.2) is 12.5 Å². The fourth-order valence-corrected chi connectivity index (χ4v) is 1.68. The summed E-state index contributed by atoms with van der Waals surface area (Å²) in [6.07, 6.45) is 0. The molecule has 0 fully saturated rings. The molecule has 2 aromatic rings. The summed E-state index contributed by atoms with van der Waals surface area (Å²) in [6, 6.07) is 13.8. The van der Waals surface area contributed by atoms with Gasteiger partial charge in [-0.05, 0) is 36.4 Å². The molecule has 0 unspecified atom stereocenters. The Hall–Kier alpha value is -2.94. The first-order valence-corrected chi connectivity index (χ1v) is 5.95. The molecule has 4 nitrogen and oxygen atoms in total. The first-order chi connectivity index (χ1) is 10.1. The van der Waals surface area contributed by atoms with Crippen LogP contribution in [0.2, 0.25) is 0 Å². The number of halogens is 2. The summed E-state index contributed by atoms with van der Waals surface area (Å²) < 4.78 is 28.5. The van der Waals surface area contributed by atoms with Crippen LogP contribution in [0.3, 0.4) is 0 Å². The maximum absolute atomic E-state index is 12.1. The lowest BCUT2D eigenvalue weighted by molar-refractivity contribution is -0.0498. The third-order valence-electron chi connectivity index (χ3n) is 2.57. The van der Waals surface area contributed by atoms with Gasteiger partial charge in [-0.2, -0.15) is 14.0 Å². The molecule has 0 saturated carbocycles. The number of nitriles is 1. The van der Waals surface area contributed by atoms with Gasteiger partial charge in [0, 0.05) is 11.3 Å². The van der Waals surface area contributed by atoms with E-state index in [1.807, 2.05) is 6.07 Å². The van der Waals surface area contributed by atoms with Crippen molar-refractivity contribution in [3.8, 4) is 11.8 Å². The summed E-state index contributed by atoms with van der Waals surface area (Å²) in [5, 5.41) is 11.4. The predicted octanol–water partition coefficient (Wildman–Crippen LogP) is 3.41. The molecule has 0 aliphatic carbocycles. The van der Waals surface area contributed by atoms with Crippen LogP contribution in [0.1, 0.15) is 15.9 Å². The summed E-state index contributed by atoms with van der Waals surface area (Å²) in [7, 11) is 0. The second-order valence-corrected chi connectivity index (χ2v) is 4.05. The van der Waals surface area contributed by atoms with E-state index < -0.39 is 12.5 Å². The fraction of sp³-hybridized carbons (Fsp3) is 0.0667. The molecule has 0 spiro atoms. The molecule has 1 amide bonds. The van der Waals surface area contributed by atoms with E-state index in [1.54, 1.807) is 18.2 Å². The van der Waals surface area contributed by atoms with Gasteiger partial charge in [0.15, 0.2) is 0 Å². The van der Waals surface area contributed by atoms with Crippen molar-refractivity contribution in [2.45, 2.75) is 6.61 Å². The molecule has 0 radical (unpaired) electrons. The second kappa shape index (κ2) is 6.48. The topological polar surface area (TPSA) is 62.1 Å². The molecule has 2 aromatic carbocycles. The Balaban J connectivity index is 2.14. The van der Waals surface area contributed by atoms with Gasteiger partial charge in [-0.25, -0.2) is 0 Å². The highest BCUT2D eigenvalue weighted by Gasteiger charge is 2.10. The van der Waals surface area contributed by atoms with Crippen molar-refractivity contribution in [1.82, 2.24) is 0 Å². The van der Waals surface area contributed by atoms with Crippen molar-refractivity contribution >= 4 is 11.6 Å². The maximum atomic E-state index is 12.1. The molecule has 0 heterocycles. The van der Waals surface area contributed by atoms with Gasteiger partial charge >= 0.3 is 6.61 Å². The molecule has 0 atom stereocenters. The number of amides is 1. The normalized spacial score (nSPS) is 10.0. The lowest BCUT2D eigenvalue weighted by Gasteiger charge is -2.08. The average Bonchev–Trinajstić information content (AvgIpc) is 2.47. The van der Waals surface area contributed by atoms with Crippen molar-refractivity contribution in [3.63, 3.8) is 0 Å². The van der Waals surface area contributed by atoms with E-state index in [4.69, 9.17) is 5.26 Å². The van der Waals surface area contributed by atoms with Crippen molar-refractivity contribution in [2.75, 3.05) is 5.32 Å². The van der Waals surface area contributed by atoms with Crippen LogP contribution < -0.4 is 10.1 Å². The molecule has 106 valence electrons. The summed E-state index contributed by atoms with van der Waals surface area (Å²) in [4.78, 5) is 12.0. The molecule has 0 aliphatic rings. The summed E-state index contributed by atoms with van der Waals surface area (Å²) in [5.41, 5.74) is 1.03. The van der Waals surface area contributed by atoms with Gasteiger partial charge in [-0.3, -0.25) is 4.79 Å². The van der Waals surface area contributed by atoms with Crippen LogP contribution in [0.25, 0.3) is 0 Å². The van der Waals surface area contributed by atoms with Crippen molar-refractivity contribution in [1.29, 1.82) is 5.26 Å². The van der Waals surface area contributed by atoms with E-state index in [-0.39, 0.29) is 11.3 Å². The lowest BCUT2D eigenvalue weighted by atomic mass is 10.2. The number of nitrogens with zero attached hydrogens (tertiary/aromatic N) is 1. The minimum atomic E-state index is -2.95. The van der Waals surface area contributed by atoms with Crippen LogP contribution in [0.5, 0.6) is 5.75 Å². The summed E-state index contributed by atoms with van der Waals surface area (Å²) in [6.45, 7) is -2.95. The highest BCUT2D eigenvalue weighted by Crippen LogP contribution is 2.17. The number of carbonyl (C=O) groups excluding carboxylic acids is 1. The number of anilines is 1. The van der Waals surface area contributed by atoms with Gasteiger partial charge in [0.25, 0.3) is 5.91 Å². The van der Waals surface area contributed by atoms with E-state index in [0.717, 1.165) is 0 Å². The molecule has 0 aromatic heterocycles. The van der Waals surface area contributed by atoms with Gasteiger partial charge in [0.05, 0.1) is 11.6 Å². The molecule has 21 heavy (non-hydrogen) atoms. The molecular weight excluding hydrogens is 278 g/mol. The molecule has 0 bridgehead atoms. The Bertz CT molecular complexity index is 696. The minimum Gasteiger partial charge on any atom is -0.435 e. The zero-order valence-electron chi connectivity index (χ0n) is 10.7. The third-order valence-corrected chi connectivity index (χ3v) is 2.57. The highest BCUT2D eigenvalue weighted by molar-refractivity contribution is 6.04. The largest absolute Gasteiger partial charge is 0.435 e. The Kier molecular flexibility index (Phi) is 4.46. The van der Waals surface area contributed by atoms with Crippen LogP contribution in [0.4, 0.5) is 14.5 Å². The smallest absolute Gasteiger partial charge is 0.387 e. The third kappa shape index (κ3) is 4.01. The molecule has 6 heteroatoms. The zero-order valence-corrected chi connectivity index (χ0v) is 10.7. The minimum absolute atomic E-state index is 0.0941. The van der Waals surface area contributed by atoms with Gasteiger partial charge in [0.1, 0.15) is 5.75 Å². The first-order valence-electron chi connectivity index (χ1n) is 5.95. The van der Waals surface area contributed by atoms with Crippen molar-refractivity contribution < 1.29 is 18.3 Å². The van der Waals surface area contributed by atoms with Gasteiger partial charge < -0.3 is 10.1 Å². The standard InChI is InChI=1S/C15H10F2N2O2/c16-15(17)21-13-6-2-4-11(8-13)14(20)19-12-5-1-3-10(7-12)9-18/h1-8,15H,(H,19,20). The van der Waals surface area contributed by atoms with E-state index >= 15 is 0 Å². The lowest BCUT2D eigenvalue weighted by Crippen LogP contribution is -2.12. The first kappa shape index (κ1) is 14.5. The van der Waals surface area contributed by atoms with Crippen LogP contribution >= 0.6 is 0 Å². The Morgan fingerprint density at radius 1 is 1.19 bits per heavy atom. The molecule has 1 N–H and O–H groups in total. The van der Waals surface area contributed by atoms with Gasteiger partial charge in [-0.15, -0.1) is 0 Å². The number of nitrogens with one attached hydrogen (secondary N) is 1. The SMILES string of the molecule is N#Cc1cccc(NC(=O)c2cccc(OC(F)F)c2)c1. The fourth-order valence-electron chi connectivity index (χ4n) is 1.68. The number of hydrogen-bond donors (Lipinski definition) is 1. The van der Waals surface area contributed by atoms with E-state index in [9.17, 15) is 13.6 Å². The number of hydrogen-bond acceptors (Lipinski definition) is 3. The van der Waals surface area contributed by atoms with Crippen LogP contribution in [0, 0.1) is 11.3 Å². The van der Waals surface area contributed by atoms with Crippen LogP contribution in [-0.2, 0) is 0 Å². The molecule has 0 aliphatic heterocycles. The zero-order chi connectivity index (χ0) is 15.2. The van der Waals surface area contributed by atoms with Crippen LogP contribution in [0.15, 0.2) is 48.5 Å². The molecular formula is C15H10F2N2O2. The predicted molar refractivity (Wildman–Crippen MR) is 72.2 cm³/mol. The van der Waals surface area contributed by atoms with Crippen molar-refractivity contribution in [3.05, 3.63) is 59.7 Å².